The number of hydrogen-bond acceptors (Lipinski definition) is 2. The van der Waals surface area contributed by atoms with E-state index < -0.39 is 0 Å². The number of hydrogen-bond donors (Lipinski definition) is 2. The third-order valence-corrected chi connectivity index (χ3v) is 2.25. The number of amides is 1. The van der Waals surface area contributed by atoms with Gasteiger partial charge in [-0.25, -0.2) is 0 Å². The van der Waals surface area contributed by atoms with Crippen LogP contribution in [0.3, 0.4) is 0 Å². The van der Waals surface area contributed by atoms with E-state index in [1.807, 2.05) is 6.92 Å². The first-order valence-corrected chi connectivity index (χ1v) is 5.47. The van der Waals surface area contributed by atoms with E-state index in [1.165, 1.54) is 0 Å². The highest BCUT2D eigenvalue weighted by Gasteiger charge is 2.11. The Bertz CT molecular complexity index is 157. The SMILES string of the molecule is CCC(=O)NCC(CCO)CC(C)C. The Balaban J connectivity index is 3.77. The number of aliphatic hydroxyl groups is 1. The third-order valence-electron chi connectivity index (χ3n) is 2.25. The molecule has 1 atom stereocenters. The lowest BCUT2D eigenvalue weighted by atomic mass is 9.94. The fourth-order valence-electron chi connectivity index (χ4n) is 1.54. The molecule has 0 aromatic heterocycles. The summed E-state index contributed by atoms with van der Waals surface area (Å²) in [5.74, 6) is 1.12. The van der Waals surface area contributed by atoms with Gasteiger partial charge in [0, 0.05) is 19.6 Å². The van der Waals surface area contributed by atoms with Gasteiger partial charge in [0.25, 0.3) is 0 Å². The summed E-state index contributed by atoms with van der Waals surface area (Å²) < 4.78 is 0. The van der Waals surface area contributed by atoms with E-state index >= 15 is 0 Å². The van der Waals surface area contributed by atoms with Crippen molar-refractivity contribution in [2.45, 2.75) is 40.0 Å². The Labute approximate surface area is 86.9 Å². The second kappa shape index (κ2) is 7.80. The van der Waals surface area contributed by atoms with Gasteiger partial charge in [0.2, 0.25) is 5.91 Å². The van der Waals surface area contributed by atoms with Crippen molar-refractivity contribution in [1.82, 2.24) is 5.32 Å². The summed E-state index contributed by atoms with van der Waals surface area (Å²) in [5, 5.41) is 11.7. The Morgan fingerprint density at radius 1 is 1.43 bits per heavy atom. The van der Waals surface area contributed by atoms with Crippen LogP contribution in [0.4, 0.5) is 0 Å². The summed E-state index contributed by atoms with van der Waals surface area (Å²) in [4.78, 5) is 11.0. The average molecular weight is 201 g/mol. The maximum Gasteiger partial charge on any atom is 0.219 e. The summed E-state index contributed by atoms with van der Waals surface area (Å²) in [6, 6.07) is 0. The molecule has 0 bridgehead atoms. The van der Waals surface area contributed by atoms with Crippen LogP contribution in [0.2, 0.25) is 0 Å². The summed E-state index contributed by atoms with van der Waals surface area (Å²) in [7, 11) is 0. The van der Waals surface area contributed by atoms with E-state index in [0.29, 0.717) is 24.8 Å². The van der Waals surface area contributed by atoms with Gasteiger partial charge in [0.05, 0.1) is 0 Å². The highest BCUT2D eigenvalue weighted by Crippen LogP contribution is 2.14. The molecule has 3 nitrogen and oxygen atoms in total. The van der Waals surface area contributed by atoms with Gasteiger partial charge in [-0.2, -0.15) is 0 Å². The fraction of sp³-hybridized carbons (Fsp3) is 0.909. The van der Waals surface area contributed by atoms with Gasteiger partial charge in [0.15, 0.2) is 0 Å². The van der Waals surface area contributed by atoms with E-state index in [0.717, 1.165) is 12.8 Å². The van der Waals surface area contributed by atoms with E-state index in [4.69, 9.17) is 5.11 Å². The Hall–Kier alpha value is -0.570. The van der Waals surface area contributed by atoms with Crippen LogP contribution in [0.25, 0.3) is 0 Å². The first kappa shape index (κ1) is 13.4. The standard InChI is InChI=1S/C11H23NO2/c1-4-11(14)12-8-10(5-6-13)7-9(2)3/h9-10,13H,4-8H2,1-3H3,(H,12,14). The highest BCUT2D eigenvalue weighted by atomic mass is 16.3. The van der Waals surface area contributed by atoms with E-state index in [2.05, 4.69) is 19.2 Å². The van der Waals surface area contributed by atoms with Crippen molar-refractivity contribution >= 4 is 5.91 Å². The number of carbonyl (C=O) groups is 1. The average Bonchev–Trinajstić information content (AvgIpc) is 2.13. The zero-order valence-corrected chi connectivity index (χ0v) is 9.55. The monoisotopic (exact) mass is 201 g/mol. The van der Waals surface area contributed by atoms with Crippen LogP contribution < -0.4 is 5.32 Å². The maximum atomic E-state index is 11.0. The molecule has 0 saturated carbocycles. The summed E-state index contributed by atoms with van der Waals surface area (Å²) >= 11 is 0. The molecule has 0 aliphatic carbocycles. The van der Waals surface area contributed by atoms with Crippen LogP contribution in [0.15, 0.2) is 0 Å². The molecule has 0 aliphatic heterocycles. The molecule has 1 amide bonds. The molecule has 1 unspecified atom stereocenters. The molecule has 2 N–H and O–H groups in total. The van der Waals surface area contributed by atoms with Gasteiger partial charge in [-0.15, -0.1) is 0 Å². The van der Waals surface area contributed by atoms with Crippen molar-refractivity contribution in [2.75, 3.05) is 13.2 Å². The van der Waals surface area contributed by atoms with Crippen LogP contribution in [-0.4, -0.2) is 24.2 Å². The largest absolute Gasteiger partial charge is 0.396 e. The smallest absolute Gasteiger partial charge is 0.219 e. The topological polar surface area (TPSA) is 49.3 Å². The van der Waals surface area contributed by atoms with Crippen molar-refractivity contribution in [3.05, 3.63) is 0 Å². The molecule has 0 heterocycles. The van der Waals surface area contributed by atoms with E-state index in [-0.39, 0.29) is 12.5 Å². The van der Waals surface area contributed by atoms with Crippen molar-refractivity contribution in [3.8, 4) is 0 Å². The summed E-state index contributed by atoms with van der Waals surface area (Å²) in [5.41, 5.74) is 0. The van der Waals surface area contributed by atoms with Crippen LogP contribution in [0.1, 0.15) is 40.0 Å². The molecular formula is C11H23NO2. The predicted octanol–water partition coefficient (Wildman–Crippen LogP) is 1.56. The van der Waals surface area contributed by atoms with E-state index in [1.54, 1.807) is 0 Å². The quantitative estimate of drug-likeness (QED) is 0.656. The maximum absolute atomic E-state index is 11.0. The molecule has 0 spiro atoms. The van der Waals surface area contributed by atoms with Gasteiger partial charge in [-0.05, 0) is 24.7 Å². The van der Waals surface area contributed by atoms with Crippen molar-refractivity contribution in [2.24, 2.45) is 11.8 Å². The van der Waals surface area contributed by atoms with Crippen LogP contribution in [0.5, 0.6) is 0 Å². The zero-order valence-electron chi connectivity index (χ0n) is 9.55. The highest BCUT2D eigenvalue weighted by molar-refractivity contribution is 5.75. The van der Waals surface area contributed by atoms with Crippen molar-refractivity contribution in [1.29, 1.82) is 0 Å². The van der Waals surface area contributed by atoms with Crippen LogP contribution in [-0.2, 0) is 4.79 Å². The van der Waals surface area contributed by atoms with Gasteiger partial charge < -0.3 is 10.4 Å². The Kier molecular flexibility index (Phi) is 7.48. The minimum atomic E-state index is 0.0942. The molecule has 0 saturated heterocycles. The molecule has 0 aliphatic rings. The van der Waals surface area contributed by atoms with Crippen molar-refractivity contribution < 1.29 is 9.90 Å². The van der Waals surface area contributed by atoms with Gasteiger partial charge in [0.1, 0.15) is 0 Å². The summed E-state index contributed by atoms with van der Waals surface area (Å²) in [6.07, 6.45) is 2.38. The zero-order chi connectivity index (χ0) is 11.0. The molecule has 0 rings (SSSR count). The Morgan fingerprint density at radius 2 is 2.07 bits per heavy atom. The normalized spacial score (nSPS) is 12.9. The van der Waals surface area contributed by atoms with Crippen molar-refractivity contribution in [3.63, 3.8) is 0 Å². The summed E-state index contributed by atoms with van der Waals surface area (Å²) in [6.45, 7) is 7.07. The van der Waals surface area contributed by atoms with Crippen LogP contribution in [0, 0.1) is 11.8 Å². The Morgan fingerprint density at radius 3 is 2.50 bits per heavy atom. The van der Waals surface area contributed by atoms with Gasteiger partial charge in [-0.3, -0.25) is 4.79 Å². The van der Waals surface area contributed by atoms with Gasteiger partial charge in [-0.1, -0.05) is 20.8 Å². The first-order valence-electron chi connectivity index (χ1n) is 5.47. The molecule has 84 valence electrons. The van der Waals surface area contributed by atoms with Crippen LogP contribution >= 0.6 is 0 Å². The molecule has 0 radical (unpaired) electrons. The molecule has 0 fully saturated rings. The predicted molar refractivity (Wildman–Crippen MR) is 57.9 cm³/mol. The van der Waals surface area contributed by atoms with Gasteiger partial charge >= 0.3 is 0 Å². The number of carbonyl (C=O) groups excluding carboxylic acids is 1. The second-order valence-electron chi connectivity index (χ2n) is 4.17. The molecular weight excluding hydrogens is 178 g/mol. The molecule has 0 aromatic rings. The number of nitrogens with one attached hydrogen (secondary N) is 1. The minimum absolute atomic E-state index is 0.0942. The second-order valence-corrected chi connectivity index (χ2v) is 4.17. The lowest BCUT2D eigenvalue weighted by molar-refractivity contribution is -0.121. The minimum Gasteiger partial charge on any atom is -0.396 e. The first-order chi connectivity index (χ1) is 6.60. The third kappa shape index (κ3) is 6.89. The lowest BCUT2D eigenvalue weighted by Gasteiger charge is -2.18. The molecule has 3 heteroatoms. The number of aliphatic hydroxyl groups excluding tert-OH is 1. The molecule has 0 aromatic carbocycles. The lowest BCUT2D eigenvalue weighted by Crippen LogP contribution is -2.29. The fourth-order valence-corrected chi connectivity index (χ4v) is 1.54. The van der Waals surface area contributed by atoms with E-state index in [9.17, 15) is 4.79 Å². The molecule has 14 heavy (non-hydrogen) atoms. The number of rotatable bonds is 7.